The minimum absolute atomic E-state index is 1.09. The van der Waals surface area contributed by atoms with E-state index in [-0.39, 0.29) is 0 Å². The lowest BCUT2D eigenvalue weighted by Gasteiger charge is -1.99. The summed E-state index contributed by atoms with van der Waals surface area (Å²) in [6, 6.07) is 26.1. The van der Waals surface area contributed by atoms with E-state index in [0.717, 1.165) is 12.8 Å². The molecule has 0 nitrogen and oxygen atoms in total. The first-order valence-electron chi connectivity index (χ1n) is 9.41. The van der Waals surface area contributed by atoms with Gasteiger partial charge in [0.2, 0.25) is 0 Å². The van der Waals surface area contributed by atoms with Crippen LogP contribution in [0, 0.1) is 0 Å². The van der Waals surface area contributed by atoms with E-state index >= 15 is 0 Å². The summed E-state index contributed by atoms with van der Waals surface area (Å²) >= 11 is 0. The van der Waals surface area contributed by atoms with Crippen LogP contribution in [-0.2, 0) is 12.8 Å². The summed E-state index contributed by atoms with van der Waals surface area (Å²) in [4.78, 5) is 0. The van der Waals surface area contributed by atoms with Crippen LogP contribution < -0.4 is 0 Å². The van der Waals surface area contributed by atoms with Crippen LogP contribution in [0.15, 0.2) is 72.8 Å². The molecule has 3 rings (SSSR count). The number of benzene rings is 3. The first-order chi connectivity index (χ1) is 12.8. The Hall–Kier alpha value is -2.86. The van der Waals surface area contributed by atoms with Crippen molar-refractivity contribution in [2.45, 2.75) is 26.7 Å². The van der Waals surface area contributed by atoms with Gasteiger partial charge in [-0.3, -0.25) is 0 Å². The molecule has 0 unspecified atom stereocenters. The van der Waals surface area contributed by atoms with E-state index < -0.39 is 0 Å². The largest absolute Gasteiger partial charge is 0.0613 e. The highest BCUT2D eigenvalue weighted by Gasteiger charge is 1.93. The van der Waals surface area contributed by atoms with Crippen molar-refractivity contribution < 1.29 is 0 Å². The molecular formula is C26H26. The number of rotatable bonds is 6. The third-order valence-corrected chi connectivity index (χ3v) is 4.65. The second-order valence-corrected chi connectivity index (χ2v) is 6.52. The molecule has 0 aliphatic rings. The average Bonchev–Trinajstić information content (AvgIpc) is 2.72. The molecule has 3 aromatic rings. The Morgan fingerprint density at radius 2 is 0.654 bits per heavy atom. The molecule has 0 N–H and O–H groups in total. The van der Waals surface area contributed by atoms with Gasteiger partial charge in [0.1, 0.15) is 0 Å². The highest BCUT2D eigenvalue weighted by Crippen LogP contribution is 2.14. The summed E-state index contributed by atoms with van der Waals surface area (Å²) < 4.78 is 0. The van der Waals surface area contributed by atoms with Crippen LogP contribution in [0.3, 0.4) is 0 Å². The zero-order chi connectivity index (χ0) is 18.2. The summed E-state index contributed by atoms with van der Waals surface area (Å²) in [6.45, 7) is 4.36. The molecule has 0 saturated carbocycles. The number of hydrogen-bond donors (Lipinski definition) is 0. The van der Waals surface area contributed by atoms with Crippen LogP contribution in [-0.4, -0.2) is 0 Å². The standard InChI is InChI=1S/C26H26/c1-3-21-5-9-23(10-6-21)13-15-25-17-19-26(20-18-25)16-14-24-11-7-22(4-2)8-12-24/h5-20H,3-4H2,1-2H3/b15-13+,16-14+. The van der Waals surface area contributed by atoms with E-state index in [9.17, 15) is 0 Å². The van der Waals surface area contributed by atoms with E-state index in [0.29, 0.717) is 0 Å². The van der Waals surface area contributed by atoms with E-state index in [2.05, 4.69) is 111 Å². The molecule has 0 amide bonds. The molecule has 0 bridgehead atoms. The van der Waals surface area contributed by atoms with E-state index in [1.807, 2.05) is 0 Å². The van der Waals surface area contributed by atoms with E-state index in [4.69, 9.17) is 0 Å². The zero-order valence-corrected chi connectivity index (χ0v) is 15.7. The lowest BCUT2D eigenvalue weighted by atomic mass is 10.1. The minimum Gasteiger partial charge on any atom is -0.0613 e. The molecule has 3 aromatic carbocycles. The van der Waals surface area contributed by atoms with Crippen molar-refractivity contribution in [2.24, 2.45) is 0 Å². The van der Waals surface area contributed by atoms with Crippen molar-refractivity contribution in [1.29, 1.82) is 0 Å². The van der Waals surface area contributed by atoms with Gasteiger partial charge >= 0.3 is 0 Å². The maximum atomic E-state index is 2.20. The Morgan fingerprint density at radius 1 is 0.423 bits per heavy atom. The molecule has 0 spiro atoms. The van der Waals surface area contributed by atoms with Crippen LogP contribution in [0.4, 0.5) is 0 Å². The zero-order valence-electron chi connectivity index (χ0n) is 15.7. The summed E-state index contributed by atoms with van der Waals surface area (Å²) in [6.07, 6.45) is 10.8. The average molecular weight is 338 g/mol. The molecule has 0 heteroatoms. The summed E-state index contributed by atoms with van der Waals surface area (Å²) in [5.41, 5.74) is 7.66. The molecule has 0 aromatic heterocycles. The van der Waals surface area contributed by atoms with Gasteiger partial charge in [-0.1, -0.05) is 111 Å². The van der Waals surface area contributed by atoms with Gasteiger partial charge in [-0.05, 0) is 46.2 Å². The van der Waals surface area contributed by atoms with Crippen molar-refractivity contribution in [1.82, 2.24) is 0 Å². The Kier molecular flexibility index (Phi) is 6.22. The molecule has 0 fully saturated rings. The lowest BCUT2D eigenvalue weighted by molar-refractivity contribution is 1.14. The molecule has 0 radical (unpaired) electrons. The second-order valence-electron chi connectivity index (χ2n) is 6.52. The minimum atomic E-state index is 1.09. The van der Waals surface area contributed by atoms with Crippen molar-refractivity contribution in [3.63, 3.8) is 0 Å². The van der Waals surface area contributed by atoms with Gasteiger partial charge in [0.05, 0.1) is 0 Å². The monoisotopic (exact) mass is 338 g/mol. The van der Waals surface area contributed by atoms with Gasteiger partial charge in [-0.25, -0.2) is 0 Å². The maximum absolute atomic E-state index is 2.20. The van der Waals surface area contributed by atoms with Gasteiger partial charge in [-0.2, -0.15) is 0 Å². The van der Waals surface area contributed by atoms with Crippen LogP contribution in [0.1, 0.15) is 47.2 Å². The Morgan fingerprint density at radius 3 is 0.885 bits per heavy atom. The molecule has 0 aliphatic carbocycles. The molecule has 0 aliphatic heterocycles. The molecule has 0 saturated heterocycles. The summed E-state index contributed by atoms with van der Waals surface area (Å²) in [5.74, 6) is 0. The number of hydrogen-bond acceptors (Lipinski definition) is 0. The van der Waals surface area contributed by atoms with Crippen molar-refractivity contribution in [2.75, 3.05) is 0 Å². The van der Waals surface area contributed by atoms with E-state index in [1.54, 1.807) is 0 Å². The SMILES string of the molecule is CCc1ccc(/C=C/c2ccc(/C=C/c3ccc(CC)cc3)cc2)cc1. The molecular weight excluding hydrogens is 312 g/mol. The highest BCUT2D eigenvalue weighted by molar-refractivity contribution is 5.73. The molecule has 0 atom stereocenters. The number of aryl methyl sites for hydroxylation is 2. The fourth-order valence-electron chi connectivity index (χ4n) is 2.83. The Balaban J connectivity index is 1.63. The van der Waals surface area contributed by atoms with Crippen LogP contribution in [0.5, 0.6) is 0 Å². The normalized spacial score (nSPS) is 11.5. The lowest BCUT2D eigenvalue weighted by Crippen LogP contribution is -1.80. The maximum Gasteiger partial charge on any atom is -0.0256 e. The van der Waals surface area contributed by atoms with Crippen molar-refractivity contribution in [3.8, 4) is 0 Å². The van der Waals surface area contributed by atoms with Crippen molar-refractivity contribution >= 4 is 24.3 Å². The fraction of sp³-hybridized carbons (Fsp3) is 0.154. The Bertz CT molecular complexity index is 784. The van der Waals surface area contributed by atoms with Crippen LogP contribution >= 0.6 is 0 Å². The first-order valence-corrected chi connectivity index (χ1v) is 9.41. The summed E-state index contributed by atoms with van der Waals surface area (Å²) in [5, 5.41) is 0. The Labute approximate surface area is 157 Å². The quantitative estimate of drug-likeness (QED) is 0.418. The molecule has 26 heavy (non-hydrogen) atoms. The van der Waals surface area contributed by atoms with Gasteiger partial charge in [0.15, 0.2) is 0 Å². The molecule has 130 valence electrons. The van der Waals surface area contributed by atoms with Crippen LogP contribution in [0.25, 0.3) is 24.3 Å². The second kappa shape index (κ2) is 9.01. The highest BCUT2D eigenvalue weighted by atomic mass is 14.0. The van der Waals surface area contributed by atoms with Gasteiger partial charge in [0, 0.05) is 0 Å². The third-order valence-electron chi connectivity index (χ3n) is 4.65. The van der Waals surface area contributed by atoms with Crippen molar-refractivity contribution in [3.05, 3.63) is 106 Å². The predicted octanol–water partition coefficient (Wildman–Crippen LogP) is 7.15. The van der Waals surface area contributed by atoms with Crippen LogP contribution in [0.2, 0.25) is 0 Å². The van der Waals surface area contributed by atoms with Gasteiger partial charge in [-0.15, -0.1) is 0 Å². The van der Waals surface area contributed by atoms with Gasteiger partial charge < -0.3 is 0 Å². The van der Waals surface area contributed by atoms with E-state index in [1.165, 1.54) is 33.4 Å². The fourth-order valence-corrected chi connectivity index (χ4v) is 2.83. The molecule has 0 heterocycles. The predicted molar refractivity (Wildman–Crippen MR) is 116 cm³/mol. The third kappa shape index (κ3) is 5.07. The summed E-state index contributed by atoms with van der Waals surface area (Å²) in [7, 11) is 0. The smallest absolute Gasteiger partial charge is 0.0256 e. The first kappa shape index (κ1) is 17.9. The topological polar surface area (TPSA) is 0 Å². The van der Waals surface area contributed by atoms with Gasteiger partial charge in [0.25, 0.3) is 0 Å².